The molecule has 2 rings (SSSR count). The Bertz CT molecular complexity index is 536. The van der Waals surface area contributed by atoms with E-state index in [1.807, 2.05) is 6.07 Å². The van der Waals surface area contributed by atoms with E-state index in [4.69, 9.17) is 4.74 Å². The number of para-hydroxylation sites is 1. The molecule has 0 saturated heterocycles. The Hall–Kier alpha value is -1.33. The topological polar surface area (TPSA) is 9.23 Å². The maximum Gasteiger partial charge on any atom is 0.122 e. The third-order valence-corrected chi connectivity index (χ3v) is 6.06. The van der Waals surface area contributed by atoms with Gasteiger partial charge in [-0.2, -0.15) is 0 Å². The van der Waals surface area contributed by atoms with Crippen LogP contribution in [0.3, 0.4) is 0 Å². The lowest BCUT2D eigenvalue weighted by Gasteiger charge is -2.19. The van der Waals surface area contributed by atoms with E-state index in [1.165, 1.54) is 22.6 Å². The zero-order chi connectivity index (χ0) is 13.7. The molecule has 2 aromatic carbocycles. The molecule has 1 nitrogen and oxygen atoms in total. The Balaban J connectivity index is 2.27. The van der Waals surface area contributed by atoms with Crippen LogP contribution in [0.25, 0.3) is 0 Å². The molecule has 0 bridgehead atoms. The van der Waals surface area contributed by atoms with Gasteiger partial charge in [0.25, 0.3) is 0 Å². The van der Waals surface area contributed by atoms with Crippen LogP contribution in [0.15, 0.2) is 48.5 Å². The van der Waals surface area contributed by atoms with E-state index in [0.717, 1.165) is 11.9 Å². The second-order valence-electron chi connectivity index (χ2n) is 4.61. The molecule has 1 unspecified atom stereocenters. The average molecular weight is 272 g/mol. The Morgan fingerprint density at radius 3 is 2.37 bits per heavy atom. The summed E-state index contributed by atoms with van der Waals surface area (Å²) in [4.78, 5) is 0. The molecule has 0 fully saturated rings. The fourth-order valence-corrected chi connectivity index (χ4v) is 4.60. The Morgan fingerprint density at radius 1 is 1.00 bits per heavy atom. The minimum atomic E-state index is -0.153. The highest BCUT2D eigenvalue weighted by Crippen LogP contribution is 2.41. The van der Waals surface area contributed by atoms with Crippen molar-refractivity contribution in [3.05, 3.63) is 59.7 Å². The van der Waals surface area contributed by atoms with Crippen LogP contribution in [-0.4, -0.2) is 13.3 Å². The fraction of sp³-hybridized carbons (Fsp3) is 0.294. The van der Waals surface area contributed by atoms with Crippen molar-refractivity contribution >= 4 is 13.2 Å². The Labute approximate surface area is 117 Å². The van der Waals surface area contributed by atoms with E-state index in [2.05, 4.69) is 56.3 Å². The molecule has 2 aromatic rings. The van der Waals surface area contributed by atoms with Crippen LogP contribution in [0, 0.1) is 6.92 Å². The average Bonchev–Trinajstić information content (AvgIpc) is 2.46. The van der Waals surface area contributed by atoms with Crippen molar-refractivity contribution < 1.29 is 4.74 Å². The predicted octanol–water partition coefficient (Wildman–Crippen LogP) is 4.33. The SMILES string of the molecule is CCP(Cc1ccccc1OC)c1ccccc1C. The van der Waals surface area contributed by atoms with E-state index in [-0.39, 0.29) is 7.92 Å². The van der Waals surface area contributed by atoms with Crippen LogP contribution in [-0.2, 0) is 6.16 Å². The summed E-state index contributed by atoms with van der Waals surface area (Å²) < 4.78 is 5.47. The van der Waals surface area contributed by atoms with Crippen LogP contribution in [0.4, 0.5) is 0 Å². The second-order valence-corrected chi connectivity index (χ2v) is 7.12. The number of rotatable bonds is 5. The highest BCUT2D eigenvalue weighted by Gasteiger charge is 2.13. The number of hydrogen-bond acceptors (Lipinski definition) is 1. The van der Waals surface area contributed by atoms with E-state index < -0.39 is 0 Å². The largest absolute Gasteiger partial charge is 0.496 e. The van der Waals surface area contributed by atoms with Crippen LogP contribution in [0.2, 0.25) is 0 Å². The summed E-state index contributed by atoms with van der Waals surface area (Å²) in [5, 5.41) is 1.52. The van der Waals surface area contributed by atoms with Gasteiger partial charge in [-0.15, -0.1) is 0 Å². The maximum absolute atomic E-state index is 5.47. The predicted molar refractivity (Wildman–Crippen MR) is 85.0 cm³/mol. The molecule has 19 heavy (non-hydrogen) atoms. The molecule has 0 aliphatic heterocycles. The fourth-order valence-electron chi connectivity index (χ4n) is 2.32. The van der Waals surface area contributed by atoms with Crippen molar-refractivity contribution in [3.63, 3.8) is 0 Å². The molecule has 0 aliphatic carbocycles. The first-order valence-corrected chi connectivity index (χ1v) is 8.40. The molecular formula is C17H21OP. The van der Waals surface area contributed by atoms with Crippen LogP contribution < -0.4 is 10.0 Å². The summed E-state index contributed by atoms with van der Waals surface area (Å²) in [7, 11) is 1.60. The minimum Gasteiger partial charge on any atom is -0.496 e. The molecule has 1 atom stereocenters. The third kappa shape index (κ3) is 3.36. The first-order valence-electron chi connectivity index (χ1n) is 6.68. The Kier molecular flexibility index (Phi) is 4.99. The zero-order valence-electron chi connectivity index (χ0n) is 11.9. The second kappa shape index (κ2) is 6.73. The summed E-state index contributed by atoms with van der Waals surface area (Å²) in [5.74, 6) is 1.01. The van der Waals surface area contributed by atoms with Crippen molar-refractivity contribution in [3.8, 4) is 5.75 Å². The molecule has 0 heterocycles. The summed E-state index contributed by atoms with van der Waals surface area (Å²) in [6.45, 7) is 4.50. The summed E-state index contributed by atoms with van der Waals surface area (Å²) in [5.41, 5.74) is 2.73. The number of aryl methyl sites for hydroxylation is 1. The van der Waals surface area contributed by atoms with E-state index in [1.54, 1.807) is 7.11 Å². The molecule has 0 spiro atoms. The zero-order valence-corrected chi connectivity index (χ0v) is 12.8. The van der Waals surface area contributed by atoms with Gasteiger partial charge in [0, 0.05) is 6.16 Å². The van der Waals surface area contributed by atoms with Gasteiger partial charge in [0.1, 0.15) is 5.75 Å². The minimum absolute atomic E-state index is 0.153. The van der Waals surface area contributed by atoms with Gasteiger partial charge in [-0.3, -0.25) is 0 Å². The van der Waals surface area contributed by atoms with Gasteiger partial charge in [-0.05, 0) is 35.6 Å². The molecule has 0 saturated carbocycles. The van der Waals surface area contributed by atoms with Gasteiger partial charge < -0.3 is 4.74 Å². The van der Waals surface area contributed by atoms with Crippen molar-refractivity contribution in [2.75, 3.05) is 13.3 Å². The quantitative estimate of drug-likeness (QED) is 0.736. The third-order valence-electron chi connectivity index (χ3n) is 3.39. The number of hydrogen-bond donors (Lipinski definition) is 0. The number of ether oxygens (including phenoxy) is 1. The molecule has 2 heteroatoms. The van der Waals surface area contributed by atoms with Crippen LogP contribution >= 0.6 is 7.92 Å². The molecule has 100 valence electrons. The Morgan fingerprint density at radius 2 is 1.68 bits per heavy atom. The smallest absolute Gasteiger partial charge is 0.122 e. The van der Waals surface area contributed by atoms with Gasteiger partial charge in [0.15, 0.2) is 0 Å². The van der Waals surface area contributed by atoms with Gasteiger partial charge in [-0.1, -0.05) is 57.3 Å². The molecule has 0 amide bonds. The summed E-state index contributed by atoms with van der Waals surface area (Å²) in [6, 6.07) is 17.1. The molecule has 0 N–H and O–H groups in total. The highest BCUT2D eigenvalue weighted by atomic mass is 31.1. The summed E-state index contributed by atoms with van der Waals surface area (Å²) in [6.07, 6.45) is 2.30. The normalized spacial score (nSPS) is 12.2. The monoisotopic (exact) mass is 272 g/mol. The number of methoxy groups -OCH3 is 1. The van der Waals surface area contributed by atoms with Gasteiger partial charge in [0.2, 0.25) is 0 Å². The summed E-state index contributed by atoms with van der Waals surface area (Å²) >= 11 is 0. The van der Waals surface area contributed by atoms with E-state index in [0.29, 0.717) is 0 Å². The van der Waals surface area contributed by atoms with Gasteiger partial charge in [0.05, 0.1) is 7.11 Å². The number of benzene rings is 2. The van der Waals surface area contributed by atoms with E-state index in [9.17, 15) is 0 Å². The molecule has 0 radical (unpaired) electrons. The molecular weight excluding hydrogens is 251 g/mol. The highest BCUT2D eigenvalue weighted by molar-refractivity contribution is 7.64. The van der Waals surface area contributed by atoms with Gasteiger partial charge in [-0.25, -0.2) is 0 Å². The maximum atomic E-state index is 5.47. The lowest BCUT2D eigenvalue weighted by Crippen LogP contribution is -2.08. The molecule has 0 aliphatic rings. The van der Waals surface area contributed by atoms with Crippen LogP contribution in [0.1, 0.15) is 18.1 Å². The van der Waals surface area contributed by atoms with Crippen molar-refractivity contribution in [2.24, 2.45) is 0 Å². The first-order chi connectivity index (χ1) is 9.26. The van der Waals surface area contributed by atoms with Gasteiger partial charge >= 0.3 is 0 Å². The lowest BCUT2D eigenvalue weighted by molar-refractivity contribution is 0.411. The van der Waals surface area contributed by atoms with E-state index >= 15 is 0 Å². The molecule has 0 aromatic heterocycles. The van der Waals surface area contributed by atoms with Crippen molar-refractivity contribution in [1.82, 2.24) is 0 Å². The van der Waals surface area contributed by atoms with Crippen LogP contribution in [0.5, 0.6) is 5.75 Å². The van der Waals surface area contributed by atoms with Crippen molar-refractivity contribution in [1.29, 1.82) is 0 Å². The lowest BCUT2D eigenvalue weighted by atomic mass is 10.2. The van der Waals surface area contributed by atoms with Crippen molar-refractivity contribution in [2.45, 2.75) is 20.0 Å². The first kappa shape index (κ1) is 14.1. The standard InChI is InChI=1S/C17H21OP/c1-4-19(17-12-8-5-9-14(17)2)13-15-10-6-7-11-16(15)18-3/h5-12H,4,13H2,1-3H3.